The molecule has 1 saturated heterocycles. The first kappa shape index (κ1) is 23.5. The van der Waals surface area contributed by atoms with Gasteiger partial charge in [-0.15, -0.1) is 0 Å². The number of nitrogens with zero attached hydrogens (tertiary/aromatic N) is 4. The van der Waals surface area contributed by atoms with E-state index >= 15 is 0 Å². The van der Waals surface area contributed by atoms with Crippen LogP contribution < -0.4 is 15.3 Å². The van der Waals surface area contributed by atoms with Crippen LogP contribution in [0.1, 0.15) is 44.9 Å². The molecule has 0 unspecified atom stereocenters. The Hall–Kier alpha value is -2.66. The SMILES string of the molecule is CC(C)c1noc(N2CCC(ONC3=CCN(c4ccc(S(C)(=O)=O)cc4F)CC3)CC2)n1. The molecule has 1 fully saturated rings. The van der Waals surface area contributed by atoms with Crippen LogP contribution >= 0.6 is 0 Å². The molecule has 2 aliphatic heterocycles. The molecule has 11 heteroatoms. The summed E-state index contributed by atoms with van der Waals surface area (Å²) in [5.74, 6) is 0.414. The predicted molar refractivity (Wildman–Crippen MR) is 122 cm³/mol. The summed E-state index contributed by atoms with van der Waals surface area (Å²) in [5, 5.41) is 4.02. The van der Waals surface area contributed by atoms with Crippen LogP contribution in [0, 0.1) is 5.82 Å². The molecule has 1 aromatic carbocycles. The molecule has 4 rings (SSSR count). The molecule has 0 aliphatic carbocycles. The molecule has 0 radical (unpaired) electrons. The number of piperidine rings is 1. The van der Waals surface area contributed by atoms with E-state index in [0.29, 0.717) is 31.2 Å². The normalized spacial score (nSPS) is 18.0. The van der Waals surface area contributed by atoms with Crippen molar-refractivity contribution in [1.29, 1.82) is 0 Å². The predicted octanol–water partition coefficient (Wildman–Crippen LogP) is 3.02. The number of halogens is 1. The fraction of sp³-hybridized carbons (Fsp3) is 0.545. The number of aromatic nitrogens is 2. The van der Waals surface area contributed by atoms with Gasteiger partial charge in [-0.1, -0.05) is 19.0 Å². The highest BCUT2D eigenvalue weighted by molar-refractivity contribution is 7.90. The van der Waals surface area contributed by atoms with Crippen molar-refractivity contribution >= 4 is 21.5 Å². The number of nitrogens with one attached hydrogen (secondary N) is 1. The second-order valence-electron chi connectivity index (χ2n) is 8.81. The third kappa shape index (κ3) is 5.64. The van der Waals surface area contributed by atoms with E-state index in [4.69, 9.17) is 9.36 Å². The number of rotatable bonds is 7. The van der Waals surface area contributed by atoms with E-state index in [1.54, 1.807) is 0 Å². The first-order valence-corrected chi connectivity index (χ1v) is 13.0. The van der Waals surface area contributed by atoms with E-state index in [1.165, 1.54) is 12.1 Å². The number of anilines is 2. The summed E-state index contributed by atoms with van der Waals surface area (Å²) in [7, 11) is -3.43. The zero-order valence-corrected chi connectivity index (χ0v) is 19.9. The average molecular weight is 480 g/mol. The van der Waals surface area contributed by atoms with Gasteiger partial charge in [0.15, 0.2) is 15.7 Å². The van der Waals surface area contributed by atoms with Crippen LogP contribution in [0.3, 0.4) is 0 Å². The summed E-state index contributed by atoms with van der Waals surface area (Å²) < 4.78 is 43.1. The van der Waals surface area contributed by atoms with Gasteiger partial charge in [-0.05, 0) is 37.1 Å². The molecule has 0 amide bonds. The van der Waals surface area contributed by atoms with Crippen molar-refractivity contribution in [1.82, 2.24) is 15.6 Å². The molecule has 9 nitrogen and oxygen atoms in total. The lowest BCUT2D eigenvalue weighted by Crippen LogP contribution is -2.40. The van der Waals surface area contributed by atoms with Crippen molar-refractivity contribution < 1.29 is 22.2 Å². The van der Waals surface area contributed by atoms with Gasteiger partial charge in [-0.25, -0.2) is 12.8 Å². The van der Waals surface area contributed by atoms with Crippen LogP contribution in [0.4, 0.5) is 16.1 Å². The van der Waals surface area contributed by atoms with E-state index in [2.05, 4.69) is 20.5 Å². The van der Waals surface area contributed by atoms with Crippen LogP contribution in [-0.2, 0) is 14.7 Å². The zero-order chi connectivity index (χ0) is 23.6. The monoisotopic (exact) mass is 479 g/mol. The number of sulfone groups is 1. The molecular formula is C22H30FN5O4S. The quantitative estimate of drug-likeness (QED) is 0.601. The molecular weight excluding hydrogens is 449 g/mol. The van der Waals surface area contributed by atoms with Crippen molar-refractivity contribution in [2.75, 3.05) is 42.2 Å². The Labute approximate surface area is 193 Å². The minimum Gasteiger partial charge on any atom is -0.365 e. The van der Waals surface area contributed by atoms with E-state index in [1.807, 2.05) is 24.8 Å². The fourth-order valence-electron chi connectivity index (χ4n) is 3.87. The van der Waals surface area contributed by atoms with E-state index < -0.39 is 15.7 Å². The third-order valence-corrected chi connectivity index (χ3v) is 7.02. The molecule has 0 bridgehead atoms. The summed E-state index contributed by atoms with van der Waals surface area (Å²) in [6.07, 6.45) is 5.46. The summed E-state index contributed by atoms with van der Waals surface area (Å²) in [6, 6.07) is 4.61. The minimum atomic E-state index is -3.43. The zero-order valence-electron chi connectivity index (χ0n) is 19.1. The number of hydrogen-bond donors (Lipinski definition) is 1. The molecule has 2 aromatic rings. The van der Waals surface area contributed by atoms with Gasteiger partial charge >= 0.3 is 6.01 Å². The first-order valence-electron chi connectivity index (χ1n) is 11.1. The lowest BCUT2D eigenvalue weighted by molar-refractivity contribution is -0.0220. The van der Waals surface area contributed by atoms with Crippen LogP contribution in [0.25, 0.3) is 0 Å². The largest absolute Gasteiger partial charge is 0.365 e. The van der Waals surface area contributed by atoms with Crippen molar-refractivity contribution in [2.45, 2.75) is 50.0 Å². The molecule has 1 aromatic heterocycles. The van der Waals surface area contributed by atoms with Gasteiger partial charge in [-0.3, -0.25) is 10.3 Å². The lowest BCUT2D eigenvalue weighted by atomic mass is 10.1. The van der Waals surface area contributed by atoms with Gasteiger partial charge in [0, 0.05) is 50.5 Å². The Balaban J connectivity index is 1.25. The summed E-state index contributed by atoms with van der Waals surface area (Å²) >= 11 is 0. The maximum Gasteiger partial charge on any atom is 0.324 e. The van der Waals surface area contributed by atoms with Crippen molar-refractivity contribution in [2.24, 2.45) is 0 Å². The lowest BCUT2D eigenvalue weighted by Gasteiger charge is -2.32. The van der Waals surface area contributed by atoms with Crippen molar-refractivity contribution in [3.05, 3.63) is 41.6 Å². The third-order valence-electron chi connectivity index (χ3n) is 5.91. The maximum absolute atomic E-state index is 14.5. The standard InChI is InChI=1S/C22H30FN5O4S/c1-15(2)21-24-22(32-26-21)28-12-8-17(9-13-28)31-25-16-6-10-27(11-7-16)20-5-4-18(14-19(20)23)33(3,29)30/h4-6,14-15,17,25H,7-13H2,1-3H3. The molecule has 0 saturated carbocycles. The van der Waals surface area contributed by atoms with Gasteiger partial charge in [0.25, 0.3) is 0 Å². The Morgan fingerprint density at radius 3 is 2.55 bits per heavy atom. The van der Waals surface area contributed by atoms with Crippen LogP contribution in [-0.4, -0.2) is 57.1 Å². The topological polar surface area (TPSA) is 101 Å². The maximum atomic E-state index is 14.5. The molecule has 1 N–H and O–H groups in total. The summed E-state index contributed by atoms with van der Waals surface area (Å²) in [5.41, 5.74) is 4.43. The molecule has 180 valence electrons. The van der Waals surface area contributed by atoms with E-state index in [0.717, 1.165) is 49.8 Å². The Morgan fingerprint density at radius 1 is 1.21 bits per heavy atom. The van der Waals surface area contributed by atoms with Gasteiger partial charge in [0.2, 0.25) is 0 Å². The van der Waals surface area contributed by atoms with Crippen molar-refractivity contribution in [3.63, 3.8) is 0 Å². The van der Waals surface area contributed by atoms with Gasteiger partial charge < -0.3 is 14.3 Å². The molecule has 3 heterocycles. The molecule has 0 spiro atoms. The van der Waals surface area contributed by atoms with Crippen LogP contribution in [0.2, 0.25) is 0 Å². The second-order valence-corrected chi connectivity index (χ2v) is 10.8. The Bertz CT molecular complexity index is 1110. The van der Waals surface area contributed by atoms with Gasteiger partial charge in [0.05, 0.1) is 16.7 Å². The van der Waals surface area contributed by atoms with Crippen LogP contribution in [0.5, 0.6) is 0 Å². The summed E-state index contributed by atoms with van der Waals surface area (Å²) in [6.45, 7) is 6.73. The van der Waals surface area contributed by atoms with Gasteiger partial charge in [0.1, 0.15) is 5.82 Å². The Morgan fingerprint density at radius 2 is 1.97 bits per heavy atom. The molecule has 2 aliphatic rings. The number of benzene rings is 1. The number of hydroxylamine groups is 1. The fourth-order valence-corrected chi connectivity index (χ4v) is 4.50. The highest BCUT2D eigenvalue weighted by Crippen LogP contribution is 2.26. The second kappa shape index (κ2) is 9.68. The molecule has 33 heavy (non-hydrogen) atoms. The first-order chi connectivity index (χ1) is 15.7. The summed E-state index contributed by atoms with van der Waals surface area (Å²) in [4.78, 5) is 14.3. The van der Waals surface area contributed by atoms with E-state index in [-0.39, 0.29) is 16.9 Å². The number of hydrogen-bond acceptors (Lipinski definition) is 9. The minimum absolute atomic E-state index is 0.0161. The van der Waals surface area contributed by atoms with Gasteiger partial charge in [-0.2, -0.15) is 4.98 Å². The highest BCUT2D eigenvalue weighted by atomic mass is 32.2. The average Bonchev–Trinajstić information content (AvgIpc) is 3.29. The molecule has 0 atom stereocenters. The van der Waals surface area contributed by atoms with E-state index in [9.17, 15) is 12.8 Å². The Kier molecular flexibility index (Phi) is 6.89. The van der Waals surface area contributed by atoms with Crippen LogP contribution in [0.15, 0.2) is 39.4 Å². The highest BCUT2D eigenvalue weighted by Gasteiger charge is 2.25. The van der Waals surface area contributed by atoms with Crippen molar-refractivity contribution in [3.8, 4) is 0 Å². The smallest absolute Gasteiger partial charge is 0.324 e.